The number of nitrogens with one attached hydrogen (secondary N) is 1. The summed E-state index contributed by atoms with van der Waals surface area (Å²) in [6.07, 6.45) is 3.88. The highest BCUT2D eigenvalue weighted by Gasteiger charge is 2.29. The first-order chi connectivity index (χ1) is 9.20. The lowest BCUT2D eigenvalue weighted by molar-refractivity contribution is 0.218. The third-order valence-electron chi connectivity index (χ3n) is 3.94. The third kappa shape index (κ3) is 3.74. The van der Waals surface area contributed by atoms with Gasteiger partial charge in [0.1, 0.15) is 0 Å². The van der Waals surface area contributed by atoms with Gasteiger partial charge >= 0.3 is 0 Å². The molecule has 1 saturated carbocycles. The van der Waals surface area contributed by atoms with Crippen LogP contribution in [0.1, 0.15) is 39.5 Å². The van der Waals surface area contributed by atoms with Crippen molar-refractivity contribution in [2.24, 2.45) is 5.41 Å². The summed E-state index contributed by atoms with van der Waals surface area (Å²) in [5, 5.41) is 0. The molecule has 2 rings (SSSR count). The van der Waals surface area contributed by atoms with Gasteiger partial charge in [0.05, 0.1) is 4.90 Å². The number of nitrogens with two attached hydrogens (primary N) is 1. The number of halogens is 1. The Labute approximate surface area is 129 Å². The zero-order chi connectivity index (χ0) is 15.0. The SMILES string of the molecule is CC1(C)CCC(NS(=O)(=O)c2ccc(N)c(Br)c2)CC1. The topological polar surface area (TPSA) is 72.2 Å². The predicted molar refractivity (Wildman–Crippen MR) is 84.9 cm³/mol. The Morgan fingerprint density at radius 3 is 2.45 bits per heavy atom. The van der Waals surface area contributed by atoms with Gasteiger partial charge in [0.2, 0.25) is 10.0 Å². The molecule has 0 heterocycles. The summed E-state index contributed by atoms with van der Waals surface area (Å²) in [7, 11) is -3.47. The van der Waals surface area contributed by atoms with Crippen molar-refractivity contribution in [3.05, 3.63) is 22.7 Å². The minimum Gasteiger partial charge on any atom is -0.398 e. The van der Waals surface area contributed by atoms with Crippen LogP contribution in [0.25, 0.3) is 0 Å². The molecule has 1 aliphatic rings. The number of sulfonamides is 1. The monoisotopic (exact) mass is 360 g/mol. The van der Waals surface area contributed by atoms with Crippen LogP contribution in [0, 0.1) is 5.41 Å². The molecule has 1 aliphatic carbocycles. The Morgan fingerprint density at radius 1 is 1.30 bits per heavy atom. The lowest BCUT2D eigenvalue weighted by atomic mass is 9.76. The molecule has 0 aliphatic heterocycles. The van der Waals surface area contributed by atoms with E-state index < -0.39 is 10.0 Å². The zero-order valence-electron chi connectivity index (χ0n) is 11.8. The van der Waals surface area contributed by atoms with Crippen LogP contribution in [0.2, 0.25) is 0 Å². The predicted octanol–water partition coefficient (Wildman–Crippen LogP) is 3.28. The molecule has 6 heteroatoms. The molecule has 3 N–H and O–H groups in total. The molecule has 0 radical (unpaired) electrons. The fraction of sp³-hybridized carbons (Fsp3) is 0.571. The van der Waals surface area contributed by atoms with Crippen LogP contribution in [0.4, 0.5) is 5.69 Å². The van der Waals surface area contributed by atoms with Crippen molar-refractivity contribution >= 4 is 31.6 Å². The van der Waals surface area contributed by atoms with Crippen molar-refractivity contribution in [1.82, 2.24) is 4.72 Å². The van der Waals surface area contributed by atoms with E-state index in [0.717, 1.165) is 25.7 Å². The highest BCUT2D eigenvalue weighted by atomic mass is 79.9. The Kier molecular flexibility index (Phi) is 4.47. The molecule has 112 valence electrons. The summed E-state index contributed by atoms with van der Waals surface area (Å²) in [6.45, 7) is 4.46. The lowest BCUT2D eigenvalue weighted by Gasteiger charge is -2.34. The molecule has 0 bridgehead atoms. The van der Waals surface area contributed by atoms with Crippen LogP contribution in [0.3, 0.4) is 0 Å². The summed E-state index contributed by atoms with van der Waals surface area (Å²) in [6, 6.07) is 4.71. The summed E-state index contributed by atoms with van der Waals surface area (Å²) in [4.78, 5) is 0.253. The first-order valence-electron chi connectivity index (χ1n) is 6.77. The maximum absolute atomic E-state index is 12.4. The highest BCUT2D eigenvalue weighted by Crippen LogP contribution is 2.35. The Bertz CT molecular complexity index is 589. The molecule has 0 atom stereocenters. The number of hydrogen-bond acceptors (Lipinski definition) is 3. The minimum atomic E-state index is -3.47. The van der Waals surface area contributed by atoms with Crippen LogP contribution in [-0.4, -0.2) is 14.5 Å². The maximum Gasteiger partial charge on any atom is 0.240 e. The van der Waals surface area contributed by atoms with E-state index in [-0.39, 0.29) is 10.9 Å². The van der Waals surface area contributed by atoms with Gasteiger partial charge in [0.25, 0.3) is 0 Å². The van der Waals surface area contributed by atoms with E-state index >= 15 is 0 Å². The average Bonchev–Trinajstić information content (AvgIpc) is 2.35. The smallest absolute Gasteiger partial charge is 0.240 e. The van der Waals surface area contributed by atoms with Gasteiger partial charge in [-0.1, -0.05) is 13.8 Å². The average molecular weight is 361 g/mol. The Hall–Kier alpha value is -0.590. The van der Waals surface area contributed by atoms with Crippen molar-refractivity contribution < 1.29 is 8.42 Å². The number of anilines is 1. The molecule has 20 heavy (non-hydrogen) atoms. The molecule has 0 unspecified atom stereocenters. The van der Waals surface area contributed by atoms with E-state index in [2.05, 4.69) is 34.5 Å². The van der Waals surface area contributed by atoms with Gasteiger partial charge in [0, 0.05) is 16.2 Å². The van der Waals surface area contributed by atoms with Crippen molar-refractivity contribution in [2.75, 3.05) is 5.73 Å². The van der Waals surface area contributed by atoms with Crippen LogP contribution >= 0.6 is 15.9 Å². The van der Waals surface area contributed by atoms with Crippen LogP contribution in [-0.2, 0) is 10.0 Å². The van der Waals surface area contributed by atoms with Crippen molar-refractivity contribution in [3.8, 4) is 0 Å². The first-order valence-corrected chi connectivity index (χ1v) is 9.05. The highest BCUT2D eigenvalue weighted by molar-refractivity contribution is 9.10. The second-order valence-electron chi connectivity index (χ2n) is 6.24. The van der Waals surface area contributed by atoms with Gasteiger partial charge in [-0.2, -0.15) is 0 Å². The molecule has 1 fully saturated rings. The molecular formula is C14H21BrN2O2S. The third-order valence-corrected chi connectivity index (χ3v) is 6.15. The summed E-state index contributed by atoms with van der Waals surface area (Å²) in [5.74, 6) is 0. The van der Waals surface area contributed by atoms with Gasteiger partial charge in [-0.05, 0) is 65.2 Å². The van der Waals surface area contributed by atoms with E-state index in [9.17, 15) is 8.42 Å². The van der Waals surface area contributed by atoms with Gasteiger partial charge < -0.3 is 5.73 Å². The maximum atomic E-state index is 12.4. The van der Waals surface area contributed by atoms with Crippen molar-refractivity contribution in [1.29, 1.82) is 0 Å². The minimum absolute atomic E-state index is 0.0318. The molecule has 1 aromatic rings. The van der Waals surface area contributed by atoms with Gasteiger partial charge in [-0.3, -0.25) is 0 Å². The second kappa shape index (κ2) is 5.66. The summed E-state index contributed by atoms with van der Waals surface area (Å²) in [5.41, 5.74) is 6.54. The Balaban J connectivity index is 2.10. The largest absolute Gasteiger partial charge is 0.398 e. The van der Waals surface area contributed by atoms with E-state index in [1.165, 1.54) is 6.07 Å². The molecule has 0 amide bonds. The van der Waals surface area contributed by atoms with Gasteiger partial charge in [-0.25, -0.2) is 13.1 Å². The number of benzene rings is 1. The summed E-state index contributed by atoms with van der Waals surface area (Å²) >= 11 is 3.26. The number of rotatable bonds is 3. The van der Waals surface area contributed by atoms with Crippen molar-refractivity contribution in [3.63, 3.8) is 0 Å². The molecule has 1 aromatic carbocycles. The van der Waals surface area contributed by atoms with Gasteiger partial charge in [0.15, 0.2) is 0 Å². The fourth-order valence-corrected chi connectivity index (χ4v) is 4.34. The fourth-order valence-electron chi connectivity index (χ4n) is 2.48. The molecule has 0 spiro atoms. The van der Waals surface area contributed by atoms with Crippen LogP contribution < -0.4 is 10.5 Å². The standard InChI is InChI=1S/C14H21BrN2O2S/c1-14(2)7-5-10(6-8-14)17-20(18,19)11-3-4-13(16)12(15)9-11/h3-4,9-10,17H,5-8,16H2,1-2H3. The molecule has 4 nitrogen and oxygen atoms in total. The van der Waals surface area contributed by atoms with E-state index in [1.807, 2.05) is 0 Å². The van der Waals surface area contributed by atoms with E-state index in [4.69, 9.17) is 5.73 Å². The van der Waals surface area contributed by atoms with E-state index in [1.54, 1.807) is 12.1 Å². The van der Waals surface area contributed by atoms with Gasteiger partial charge in [-0.15, -0.1) is 0 Å². The van der Waals surface area contributed by atoms with Crippen LogP contribution in [0.15, 0.2) is 27.6 Å². The lowest BCUT2D eigenvalue weighted by Crippen LogP contribution is -2.39. The quantitative estimate of drug-likeness (QED) is 0.812. The first kappa shape index (κ1) is 15.8. The number of nitrogen functional groups attached to an aromatic ring is 1. The zero-order valence-corrected chi connectivity index (χ0v) is 14.2. The number of hydrogen-bond donors (Lipinski definition) is 2. The second-order valence-corrected chi connectivity index (χ2v) is 8.81. The summed E-state index contributed by atoms with van der Waals surface area (Å²) < 4.78 is 28.1. The molecule has 0 aromatic heterocycles. The molecule has 0 saturated heterocycles. The van der Waals surface area contributed by atoms with Crippen molar-refractivity contribution in [2.45, 2.75) is 50.5 Å². The van der Waals surface area contributed by atoms with Crippen LogP contribution in [0.5, 0.6) is 0 Å². The van der Waals surface area contributed by atoms with E-state index in [0.29, 0.717) is 15.6 Å². The normalized spacial score (nSPS) is 19.9. The molecular weight excluding hydrogens is 340 g/mol. The Morgan fingerprint density at radius 2 is 1.90 bits per heavy atom.